The number of nitrogens with one attached hydrogen (secondary N) is 1. The van der Waals surface area contributed by atoms with Crippen LogP contribution in [0.1, 0.15) is 13.3 Å². The summed E-state index contributed by atoms with van der Waals surface area (Å²) in [6.07, 6.45) is 4.88. The van der Waals surface area contributed by atoms with E-state index in [1.165, 1.54) is 5.57 Å². The summed E-state index contributed by atoms with van der Waals surface area (Å²) in [5.74, 6) is 0. The van der Waals surface area contributed by atoms with Crippen LogP contribution in [0.4, 0.5) is 0 Å². The Balaban J connectivity index is 2.29. The van der Waals surface area contributed by atoms with Gasteiger partial charge in [-0.1, -0.05) is 24.3 Å². The molecule has 0 aromatic rings. The van der Waals surface area contributed by atoms with E-state index < -0.39 is 10.0 Å². The fourth-order valence-corrected chi connectivity index (χ4v) is 4.43. The summed E-state index contributed by atoms with van der Waals surface area (Å²) in [5.41, 5.74) is 2.00. The summed E-state index contributed by atoms with van der Waals surface area (Å²) < 4.78 is 25.9. The van der Waals surface area contributed by atoms with Crippen LogP contribution in [0.2, 0.25) is 0 Å². The largest absolute Gasteiger partial charge is 0.237 e. The van der Waals surface area contributed by atoms with Gasteiger partial charge < -0.3 is 0 Å². The molecule has 74 valence electrons. The minimum absolute atomic E-state index is 0.0833. The van der Waals surface area contributed by atoms with E-state index in [-0.39, 0.29) is 11.5 Å². The standard InChI is InChI=1S/C10H11NO2S/c1-6-3-8-4-9-10(6,5-8)7(2)14(12,13)11-9/h3-4,9,11H,2,5H2,1H3. The van der Waals surface area contributed by atoms with Gasteiger partial charge in [0.25, 0.3) is 0 Å². The molecule has 0 aromatic heterocycles. The first kappa shape index (κ1) is 8.44. The van der Waals surface area contributed by atoms with E-state index in [1.54, 1.807) is 0 Å². The number of hydrogen-bond donors (Lipinski definition) is 1. The molecule has 1 aliphatic heterocycles. The maximum Gasteiger partial charge on any atom is 0.237 e. The second kappa shape index (κ2) is 2.04. The minimum atomic E-state index is -3.29. The first-order valence-electron chi connectivity index (χ1n) is 4.58. The van der Waals surface area contributed by atoms with Crippen LogP contribution < -0.4 is 4.72 Å². The lowest BCUT2D eigenvalue weighted by Crippen LogP contribution is -2.32. The molecule has 1 saturated heterocycles. The normalized spacial score (nSPS) is 42.4. The Hall–Kier alpha value is -0.870. The van der Waals surface area contributed by atoms with E-state index in [1.807, 2.05) is 13.0 Å². The summed E-state index contributed by atoms with van der Waals surface area (Å²) in [7, 11) is -3.29. The summed E-state index contributed by atoms with van der Waals surface area (Å²) >= 11 is 0. The van der Waals surface area contributed by atoms with Crippen LogP contribution in [0, 0.1) is 5.41 Å². The van der Waals surface area contributed by atoms with Crippen LogP contribution in [-0.4, -0.2) is 14.5 Å². The first-order chi connectivity index (χ1) is 6.47. The average Bonchev–Trinajstić information content (AvgIpc) is 2.61. The number of sulfonamides is 1. The van der Waals surface area contributed by atoms with Gasteiger partial charge in [0.15, 0.2) is 0 Å². The molecule has 1 N–H and O–H groups in total. The molecule has 3 nitrogen and oxygen atoms in total. The minimum Gasteiger partial charge on any atom is -0.207 e. The Bertz CT molecular complexity index is 512. The van der Waals surface area contributed by atoms with Crippen molar-refractivity contribution < 1.29 is 8.42 Å². The van der Waals surface area contributed by atoms with Crippen molar-refractivity contribution in [3.05, 3.63) is 34.8 Å². The maximum atomic E-state index is 11.6. The molecule has 0 amide bonds. The van der Waals surface area contributed by atoms with Crippen molar-refractivity contribution in [2.45, 2.75) is 19.4 Å². The predicted molar refractivity (Wildman–Crippen MR) is 53.9 cm³/mol. The molecule has 0 aromatic carbocycles. The number of fused-ring (bicyclic) bond motifs is 1. The predicted octanol–water partition coefficient (Wildman–Crippen LogP) is 1.08. The van der Waals surface area contributed by atoms with Crippen LogP contribution >= 0.6 is 0 Å². The molecular formula is C10H11NO2S. The number of rotatable bonds is 0. The fraction of sp³-hybridized carbons (Fsp3) is 0.400. The third-order valence-electron chi connectivity index (χ3n) is 3.60. The van der Waals surface area contributed by atoms with Gasteiger partial charge in [-0.2, -0.15) is 0 Å². The zero-order valence-electron chi connectivity index (χ0n) is 7.87. The Morgan fingerprint density at radius 1 is 1.64 bits per heavy atom. The summed E-state index contributed by atoms with van der Waals surface area (Å²) in [5, 5.41) is 0. The molecule has 14 heavy (non-hydrogen) atoms. The fourth-order valence-electron chi connectivity index (χ4n) is 2.84. The second-order valence-electron chi connectivity index (χ2n) is 4.24. The molecule has 2 bridgehead atoms. The van der Waals surface area contributed by atoms with Crippen LogP contribution in [0.25, 0.3) is 0 Å². The summed E-state index contributed by atoms with van der Waals surface area (Å²) in [6.45, 7) is 5.73. The Labute approximate surface area is 83.2 Å². The van der Waals surface area contributed by atoms with E-state index in [0.717, 1.165) is 12.0 Å². The lowest BCUT2D eigenvalue weighted by Gasteiger charge is -2.26. The smallest absolute Gasteiger partial charge is 0.207 e. The lowest BCUT2D eigenvalue weighted by molar-refractivity contribution is 0.444. The third kappa shape index (κ3) is 0.675. The van der Waals surface area contributed by atoms with Gasteiger partial charge in [0.2, 0.25) is 10.0 Å². The van der Waals surface area contributed by atoms with Crippen molar-refractivity contribution in [1.29, 1.82) is 0 Å². The van der Waals surface area contributed by atoms with Crippen molar-refractivity contribution in [3.8, 4) is 0 Å². The molecule has 3 aliphatic rings. The zero-order chi connectivity index (χ0) is 10.1. The van der Waals surface area contributed by atoms with Crippen LogP contribution in [0.15, 0.2) is 34.8 Å². The highest BCUT2D eigenvalue weighted by molar-refractivity contribution is 7.93. The molecule has 2 unspecified atom stereocenters. The number of hydrogen-bond acceptors (Lipinski definition) is 2. The Morgan fingerprint density at radius 2 is 2.36 bits per heavy atom. The number of allylic oxidation sites excluding steroid dienone is 2. The van der Waals surface area contributed by atoms with Gasteiger partial charge in [0.1, 0.15) is 0 Å². The average molecular weight is 209 g/mol. The third-order valence-corrected chi connectivity index (χ3v) is 5.18. The summed E-state index contributed by atoms with van der Waals surface area (Å²) in [6, 6.07) is -0.0833. The van der Waals surface area contributed by atoms with Gasteiger partial charge >= 0.3 is 0 Å². The van der Waals surface area contributed by atoms with E-state index in [0.29, 0.717) is 4.91 Å². The molecular weight excluding hydrogens is 198 g/mol. The van der Waals surface area contributed by atoms with Crippen molar-refractivity contribution in [1.82, 2.24) is 4.72 Å². The Morgan fingerprint density at radius 3 is 2.93 bits per heavy atom. The highest BCUT2D eigenvalue weighted by Gasteiger charge is 2.58. The Kier molecular flexibility index (Phi) is 1.23. The monoisotopic (exact) mass is 209 g/mol. The molecule has 1 fully saturated rings. The van der Waals surface area contributed by atoms with Gasteiger partial charge in [-0.15, -0.1) is 0 Å². The van der Waals surface area contributed by atoms with Gasteiger partial charge in [0.05, 0.1) is 16.4 Å². The van der Waals surface area contributed by atoms with Gasteiger partial charge in [0, 0.05) is 0 Å². The van der Waals surface area contributed by atoms with Crippen LogP contribution in [0.3, 0.4) is 0 Å². The SMILES string of the molecule is C=C1C23CC(=CC2NS1(=O)=O)C=C3C. The lowest BCUT2D eigenvalue weighted by atomic mass is 9.78. The van der Waals surface area contributed by atoms with Crippen LogP contribution in [-0.2, 0) is 10.0 Å². The molecule has 1 heterocycles. The van der Waals surface area contributed by atoms with E-state index in [2.05, 4.69) is 17.4 Å². The highest BCUT2D eigenvalue weighted by Crippen LogP contribution is 2.58. The maximum absolute atomic E-state index is 11.6. The zero-order valence-corrected chi connectivity index (χ0v) is 8.69. The quantitative estimate of drug-likeness (QED) is 0.649. The molecule has 1 spiro atoms. The van der Waals surface area contributed by atoms with Gasteiger partial charge in [-0.3, -0.25) is 0 Å². The van der Waals surface area contributed by atoms with E-state index >= 15 is 0 Å². The molecule has 2 atom stereocenters. The van der Waals surface area contributed by atoms with Crippen molar-refractivity contribution in [2.75, 3.05) is 0 Å². The van der Waals surface area contributed by atoms with Crippen molar-refractivity contribution in [3.63, 3.8) is 0 Å². The molecule has 0 saturated carbocycles. The van der Waals surface area contributed by atoms with Gasteiger partial charge in [-0.25, -0.2) is 13.1 Å². The van der Waals surface area contributed by atoms with Crippen molar-refractivity contribution in [2.24, 2.45) is 5.41 Å². The topological polar surface area (TPSA) is 46.2 Å². The van der Waals surface area contributed by atoms with E-state index in [9.17, 15) is 8.42 Å². The molecule has 2 aliphatic carbocycles. The van der Waals surface area contributed by atoms with Gasteiger partial charge in [-0.05, 0) is 18.9 Å². The molecule has 3 rings (SSSR count). The highest BCUT2D eigenvalue weighted by atomic mass is 32.2. The molecule has 0 radical (unpaired) electrons. The van der Waals surface area contributed by atoms with E-state index in [4.69, 9.17) is 0 Å². The second-order valence-corrected chi connectivity index (χ2v) is 5.97. The molecule has 4 heteroatoms. The van der Waals surface area contributed by atoms with Crippen molar-refractivity contribution >= 4 is 10.0 Å². The summed E-state index contributed by atoms with van der Waals surface area (Å²) in [4.78, 5) is 0.340. The van der Waals surface area contributed by atoms with Crippen LogP contribution in [0.5, 0.6) is 0 Å². The first-order valence-corrected chi connectivity index (χ1v) is 6.06.